The molecule has 0 aliphatic carbocycles. The summed E-state index contributed by atoms with van der Waals surface area (Å²) in [5.74, 6) is 0.629. The van der Waals surface area contributed by atoms with Crippen molar-refractivity contribution in [2.45, 2.75) is 12.3 Å². The molecule has 1 aliphatic rings. The number of hydrogen-bond acceptors (Lipinski definition) is 3. The number of halogens is 1. The monoisotopic (exact) mass is 299 g/mol. The molecular weight excluding hydrogens is 286 g/mol. The number of carbonyl (C=O) groups excluding carboxylic acids is 1. The Bertz CT molecular complexity index is 463. The Morgan fingerprint density at radius 2 is 2.29 bits per heavy atom. The average Bonchev–Trinajstić information content (AvgIpc) is 2.68. The first-order valence-electron chi connectivity index (χ1n) is 5.25. The van der Waals surface area contributed by atoms with E-state index in [1.807, 2.05) is 25.1 Å². The second-order valence-corrected chi connectivity index (χ2v) is 5.08. The molecule has 4 nitrogen and oxygen atoms in total. The van der Waals surface area contributed by atoms with Gasteiger partial charge in [0.25, 0.3) is 5.91 Å². The highest BCUT2D eigenvalue weighted by atomic mass is 79.9. The second-order valence-electron chi connectivity index (χ2n) is 4.22. The third-order valence-corrected chi connectivity index (χ3v) is 3.72. The molecule has 0 bridgehead atoms. The van der Waals surface area contributed by atoms with Gasteiger partial charge in [-0.3, -0.25) is 9.63 Å². The zero-order valence-corrected chi connectivity index (χ0v) is 11.6. The summed E-state index contributed by atoms with van der Waals surface area (Å²) >= 11 is 3.42. The molecule has 92 valence electrons. The number of nitrogens with zero attached hydrogens (tertiary/aromatic N) is 1. The minimum atomic E-state index is -0.691. The van der Waals surface area contributed by atoms with Crippen LogP contribution in [-0.2, 0) is 15.0 Å². The van der Waals surface area contributed by atoms with E-state index in [4.69, 9.17) is 9.57 Å². The maximum atomic E-state index is 12.3. The van der Waals surface area contributed by atoms with Gasteiger partial charge in [0.05, 0.1) is 11.6 Å². The molecule has 0 N–H and O–H groups in total. The van der Waals surface area contributed by atoms with Crippen molar-refractivity contribution < 1.29 is 14.4 Å². The van der Waals surface area contributed by atoms with Crippen molar-refractivity contribution in [3.05, 3.63) is 28.2 Å². The van der Waals surface area contributed by atoms with E-state index >= 15 is 0 Å². The molecule has 0 fully saturated rings. The number of ether oxygens (including phenoxy) is 1. The molecular formula is C12H14BrNO3. The number of hydrogen-bond donors (Lipinski definition) is 0. The molecule has 0 saturated carbocycles. The summed E-state index contributed by atoms with van der Waals surface area (Å²) in [5.41, 5.74) is 0.199. The van der Waals surface area contributed by atoms with Crippen LogP contribution in [0, 0.1) is 0 Å². The molecule has 1 unspecified atom stereocenters. The minimum absolute atomic E-state index is 0.114. The molecule has 0 aromatic heterocycles. The molecule has 0 spiro atoms. The molecule has 1 aromatic rings. The molecule has 1 heterocycles. The third kappa shape index (κ3) is 1.83. The second kappa shape index (κ2) is 4.31. The van der Waals surface area contributed by atoms with Gasteiger partial charge < -0.3 is 4.74 Å². The Kier molecular flexibility index (Phi) is 3.14. The summed E-state index contributed by atoms with van der Waals surface area (Å²) in [6.45, 7) is 2.20. The highest BCUT2D eigenvalue weighted by molar-refractivity contribution is 9.10. The fraction of sp³-hybridized carbons (Fsp3) is 0.417. The van der Waals surface area contributed by atoms with Crippen LogP contribution in [0.5, 0.6) is 5.75 Å². The van der Waals surface area contributed by atoms with Crippen LogP contribution in [0.3, 0.4) is 0 Å². The first kappa shape index (κ1) is 12.4. The van der Waals surface area contributed by atoms with Crippen LogP contribution in [0.25, 0.3) is 0 Å². The number of amides is 1. The number of hydroxylamine groups is 2. The van der Waals surface area contributed by atoms with Crippen molar-refractivity contribution in [3.8, 4) is 5.75 Å². The van der Waals surface area contributed by atoms with E-state index in [1.165, 1.54) is 12.2 Å². The normalized spacial score (nSPS) is 21.9. The predicted octanol–water partition coefficient (Wildman–Crippen LogP) is 2.12. The summed E-state index contributed by atoms with van der Waals surface area (Å²) in [7, 11) is 3.07. The maximum Gasteiger partial charge on any atom is 0.259 e. The molecule has 5 heteroatoms. The van der Waals surface area contributed by atoms with Crippen molar-refractivity contribution in [2.75, 3.05) is 20.8 Å². The van der Waals surface area contributed by atoms with Crippen LogP contribution in [0.1, 0.15) is 12.5 Å². The fourth-order valence-electron chi connectivity index (χ4n) is 1.99. The first-order chi connectivity index (χ1) is 8.00. The third-order valence-electron chi connectivity index (χ3n) is 3.10. The topological polar surface area (TPSA) is 38.8 Å². The maximum absolute atomic E-state index is 12.3. The number of benzene rings is 1. The highest BCUT2D eigenvalue weighted by Gasteiger charge is 2.45. The lowest BCUT2D eigenvalue weighted by Crippen LogP contribution is -2.44. The van der Waals surface area contributed by atoms with E-state index in [0.717, 1.165) is 15.8 Å². The summed E-state index contributed by atoms with van der Waals surface area (Å²) in [5, 5.41) is 1.24. The van der Waals surface area contributed by atoms with Gasteiger partial charge in [-0.05, 0) is 28.9 Å². The van der Waals surface area contributed by atoms with Crippen LogP contribution >= 0.6 is 15.9 Å². The van der Waals surface area contributed by atoms with Crippen molar-refractivity contribution >= 4 is 21.8 Å². The lowest BCUT2D eigenvalue weighted by molar-refractivity contribution is -0.175. The van der Waals surface area contributed by atoms with Crippen LogP contribution in [0.4, 0.5) is 0 Å². The van der Waals surface area contributed by atoms with E-state index in [2.05, 4.69) is 15.9 Å². The Balaban J connectivity index is 2.44. The van der Waals surface area contributed by atoms with Crippen molar-refractivity contribution in [3.63, 3.8) is 0 Å². The SMILES string of the molecule is CON(C)C(=O)C1(C)COc2c(Br)cccc21. The molecule has 0 saturated heterocycles. The number of para-hydroxylation sites is 1. The van der Waals surface area contributed by atoms with Crippen LogP contribution in [0.2, 0.25) is 0 Å². The van der Waals surface area contributed by atoms with Gasteiger partial charge in [0.2, 0.25) is 0 Å². The van der Waals surface area contributed by atoms with E-state index in [-0.39, 0.29) is 5.91 Å². The predicted molar refractivity (Wildman–Crippen MR) is 66.8 cm³/mol. The number of rotatable bonds is 2. The molecule has 1 amide bonds. The smallest absolute Gasteiger partial charge is 0.259 e. The Morgan fingerprint density at radius 1 is 1.59 bits per heavy atom. The van der Waals surface area contributed by atoms with E-state index < -0.39 is 5.41 Å². The Hall–Kier alpha value is -1.07. The van der Waals surface area contributed by atoms with E-state index in [1.54, 1.807) is 7.05 Å². The van der Waals surface area contributed by atoms with Gasteiger partial charge in [0.1, 0.15) is 17.8 Å². The molecule has 2 rings (SSSR count). The zero-order valence-electron chi connectivity index (χ0n) is 9.99. The lowest BCUT2D eigenvalue weighted by atomic mass is 9.83. The van der Waals surface area contributed by atoms with E-state index in [0.29, 0.717) is 6.61 Å². The van der Waals surface area contributed by atoms with Crippen LogP contribution in [-0.4, -0.2) is 31.7 Å². The van der Waals surface area contributed by atoms with Crippen molar-refractivity contribution in [1.82, 2.24) is 5.06 Å². The summed E-state index contributed by atoms with van der Waals surface area (Å²) in [4.78, 5) is 17.2. The highest BCUT2D eigenvalue weighted by Crippen LogP contribution is 2.43. The van der Waals surface area contributed by atoms with Crippen LogP contribution < -0.4 is 4.74 Å². The quantitative estimate of drug-likeness (QED) is 0.785. The first-order valence-corrected chi connectivity index (χ1v) is 6.04. The average molecular weight is 300 g/mol. The molecule has 1 aromatic carbocycles. The number of carbonyl (C=O) groups is 1. The molecule has 1 aliphatic heterocycles. The van der Waals surface area contributed by atoms with Crippen molar-refractivity contribution in [1.29, 1.82) is 0 Å². The minimum Gasteiger partial charge on any atom is -0.491 e. The van der Waals surface area contributed by atoms with Crippen LogP contribution in [0.15, 0.2) is 22.7 Å². The van der Waals surface area contributed by atoms with Crippen molar-refractivity contribution in [2.24, 2.45) is 0 Å². The largest absolute Gasteiger partial charge is 0.491 e. The van der Waals surface area contributed by atoms with Gasteiger partial charge >= 0.3 is 0 Å². The Labute approximate surface area is 109 Å². The van der Waals surface area contributed by atoms with Gasteiger partial charge in [-0.2, -0.15) is 0 Å². The van der Waals surface area contributed by atoms with Gasteiger partial charge in [-0.15, -0.1) is 0 Å². The van der Waals surface area contributed by atoms with Gasteiger partial charge in [0.15, 0.2) is 0 Å². The van der Waals surface area contributed by atoms with Gasteiger partial charge in [0, 0.05) is 12.6 Å². The summed E-state index contributed by atoms with van der Waals surface area (Å²) in [6, 6.07) is 5.71. The summed E-state index contributed by atoms with van der Waals surface area (Å²) < 4.78 is 6.48. The van der Waals surface area contributed by atoms with E-state index in [9.17, 15) is 4.79 Å². The Morgan fingerprint density at radius 3 is 2.94 bits per heavy atom. The molecule has 17 heavy (non-hydrogen) atoms. The lowest BCUT2D eigenvalue weighted by Gasteiger charge is -2.26. The van der Waals surface area contributed by atoms with Gasteiger partial charge in [-0.25, -0.2) is 5.06 Å². The zero-order chi connectivity index (χ0) is 12.6. The number of fused-ring (bicyclic) bond motifs is 1. The standard InChI is InChI=1S/C12H14BrNO3/c1-12(11(15)14(2)16-3)7-17-10-8(12)5-4-6-9(10)13/h4-6H,7H2,1-3H3. The van der Waals surface area contributed by atoms with Gasteiger partial charge in [-0.1, -0.05) is 12.1 Å². The fourth-order valence-corrected chi connectivity index (χ4v) is 2.47. The molecule has 1 atom stereocenters. The number of likely N-dealkylation sites (N-methyl/N-ethyl adjacent to an activating group) is 1. The summed E-state index contributed by atoms with van der Waals surface area (Å²) in [6.07, 6.45) is 0. The molecule has 0 radical (unpaired) electrons.